The second-order valence-corrected chi connectivity index (χ2v) is 5.76. The molecule has 0 fully saturated rings. The van der Waals surface area contributed by atoms with E-state index < -0.39 is 0 Å². The monoisotopic (exact) mass is 346 g/mol. The van der Waals surface area contributed by atoms with Crippen LogP contribution >= 0.6 is 15.9 Å². The van der Waals surface area contributed by atoms with E-state index in [1.54, 1.807) is 7.11 Å². The molecule has 2 N–H and O–H groups in total. The number of rotatable bonds is 4. The third-order valence-corrected chi connectivity index (χ3v) is 4.03. The number of para-hydroxylation sites is 1. The summed E-state index contributed by atoms with van der Waals surface area (Å²) in [6.45, 7) is 0.564. The summed E-state index contributed by atoms with van der Waals surface area (Å²) < 4.78 is 6.29. The van der Waals surface area contributed by atoms with Crippen molar-refractivity contribution in [1.29, 1.82) is 0 Å². The number of hydrogen-bond donors (Lipinski definition) is 2. The summed E-state index contributed by atoms with van der Waals surface area (Å²) in [5, 5.41) is 6.18. The first-order valence-electron chi connectivity index (χ1n) is 6.64. The number of halogens is 1. The first-order chi connectivity index (χ1) is 10.2. The number of fused-ring (bicyclic) bond motifs is 1. The van der Waals surface area contributed by atoms with Crippen LogP contribution in [0, 0.1) is 0 Å². The lowest BCUT2D eigenvalue weighted by molar-refractivity contribution is -0.117. The molecule has 5 heteroatoms. The van der Waals surface area contributed by atoms with Crippen molar-refractivity contribution in [2.45, 2.75) is 12.6 Å². The quantitative estimate of drug-likeness (QED) is 0.893. The molecule has 1 aliphatic rings. The number of carbonyl (C=O) groups excluding carboxylic acids is 1. The molecule has 2 aromatic rings. The van der Waals surface area contributed by atoms with E-state index in [2.05, 4.69) is 26.6 Å². The topological polar surface area (TPSA) is 50.4 Å². The SMILES string of the molecule is COc1ccccc1CNC1C(=O)Nc2ccc(Br)cc21. The Bertz CT molecular complexity index is 688. The van der Waals surface area contributed by atoms with Crippen molar-refractivity contribution in [3.05, 3.63) is 58.1 Å². The highest BCUT2D eigenvalue weighted by atomic mass is 79.9. The van der Waals surface area contributed by atoms with Crippen LogP contribution in [0.25, 0.3) is 0 Å². The van der Waals surface area contributed by atoms with Crippen LogP contribution in [0.4, 0.5) is 5.69 Å². The predicted molar refractivity (Wildman–Crippen MR) is 85.3 cm³/mol. The maximum Gasteiger partial charge on any atom is 0.246 e. The van der Waals surface area contributed by atoms with Crippen LogP contribution in [0.3, 0.4) is 0 Å². The van der Waals surface area contributed by atoms with Crippen molar-refractivity contribution in [3.8, 4) is 5.75 Å². The van der Waals surface area contributed by atoms with Gasteiger partial charge in [-0.15, -0.1) is 0 Å². The van der Waals surface area contributed by atoms with Crippen LogP contribution in [0.15, 0.2) is 46.9 Å². The van der Waals surface area contributed by atoms with Crippen molar-refractivity contribution < 1.29 is 9.53 Å². The lowest BCUT2D eigenvalue weighted by Gasteiger charge is -2.13. The molecule has 1 unspecified atom stereocenters. The third-order valence-electron chi connectivity index (χ3n) is 3.53. The number of methoxy groups -OCH3 is 1. The molecule has 0 spiro atoms. The second kappa shape index (κ2) is 5.87. The Kier molecular flexibility index (Phi) is 3.94. The molecule has 1 atom stereocenters. The van der Waals surface area contributed by atoms with Gasteiger partial charge in [-0.3, -0.25) is 10.1 Å². The maximum absolute atomic E-state index is 12.1. The number of benzene rings is 2. The van der Waals surface area contributed by atoms with Crippen LogP contribution in [-0.2, 0) is 11.3 Å². The lowest BCUT2D eigenvalue weighted by atomic mass is 10.1. The van der Waals surface area contributed by atoms with Crippen molar-refractivity contribution in [2.24, 2.45) is 0 Å². The Morgan fingerprint density at radius 3 is 2.90 bits per heavy atom. The van der Waals surface area contributed by atoms with Gasteiger partial charge in [0, 0.05) is 27.8 Å². The Hall–Kier alpha value is -1.85. The van der Waals surface area contributed by atoms with E-state index in [0.717, 1.165) is 27.0 Å². The molecule has 0 saturated heterocycles. The first kappa shape index (κ1) is 14.1. The summed E-state index contributed by atoms with van der Waals surface area (Å²) in [5.41, 5.74) is 2.85. The molecule has 4 nitrogen and oxygen atoms in total. The lowest BCUT2D eigenvalue weighted by Crippen LogP contribution is -2.27. The van der Waals surface area contributed by atoms with Crippen molar-refractivity contribution >= 4 is 27.5 Å². The fourth-order valence-corrected chi connectivity index (χ4v) is 2.87. The van der Waals surface area contributed by atoms with Crippen molar-refractivity contribution in [2.75, 3.05) is 12.4 Å². The number of amides is 1. The highest BCUT2D eigenvalue weighted by Gasteiger charge is 2.30. The van der Waals surface area contributed by atoms with E-state index in [1.807, 2.05) is 42.5 Å². The molecular weight excluding hydrogens is 332 g/mol. The zero-order chi connectivity index (χ0) is 14.8. The minimum absolute atomic E-state index is 0.0296. The van der Waals surface area contributed by atoms with Gasteiger partial charge in [-0.25, -0.2) is 0 Å². The van der Waals surface area contributed by atoms with Crippen LogP contribution < -0.4 is 15.4 Å². The highest BCUT2D eigenvalue weighted by Crippen LogP contribution is 2.33. The third kappa shape index (κ3) is 2.80. The molecule has 0 aliphatic carbocycles. The van der Waals surface area contributed by atoms with E-state index >= 15 is 0 Å². The van der Waals surface area contributed by atoms with E-state index in [9.17, 15) is 4.79 Å². The normalized spacial score (nSPS) is 16.5. The average Bonchev–Trinajstić information content (AvgIpc) is 2.80. The standard InChI is InChI=1S/C16H15BrN2O2/c1-21-14-5-3-2-4-10(14)9-18-15-12-8-11(17)6-7-13(12)19-16(15)20/h2-8,15,18H,9H2,1H3,(H,19,20). The zero-order valence-electron chi connectivity index (χ0n) is 11.5. The van der Waals surface area contributed by atoms with Gasteiger partial charge < -0.3 is 10.1 Å². The molecule has 1 amide bonds. The first-order valence-corrected chi connectivity index (χ1v) is 7.44. The van der Waals surface area contributed by atoms with Gasteiger partial charge in [-0.05, 0) is 24.3 Å². The van der Waals surface area contributed by atoms with Crippen LogP contribution in [0.1, 0.15) is 17.2 Å². The number of hydrogen-bond acceptors (Lipinski definition) is 3. The van der Waals surface area contributed by atoms with Gasteiger partial charge in [-0.1, -0.05) is 34.1 Å². The molecule has 1 heterocycles. The average molecular weight is 347 g/mol. The molecule has 108 valence electrons. The number of anilines is 1. The van der Waals surface area contributed by atoms with Gasteiger partial charge in [0.15, 0.2) is 0 Å². The summed E-state index contributed by atoms with van der Waals surface area (Å²) in [6.07, 6.45) is 0. The fourth-order valence-electron chi connectivity index (χ4n) is 2.50. The van der Waals surface area contributed by atoms with Crippen molar-refractivity contribution in [1.82, 2.24) is 5.32 Å². The molecule has 1 aliphatic heterocycles. The smallest absolute Gasteiger partial charge is 0.246 e. The van der Waals surface area contributed by atoms with Gasteiger partial charge in [0.2, 0.25) is 5.91 Å². The maximum atomic E-state index is 12.1. The van der Waals surface area contributed by atoms with Crippen LogP contribution in [-0.4, -0.2) is 13.0 Å². The van der Waals surface area contributed by atoms with Crippen molar-refractivity contribution in [3.63, 3.8) is 0 Å². The largest absolute Gasteiger partial charge is 0.496 e. The molecule has 0 radical (unpaired) electrons. The summed E-state index contributed by atoms with van der Waals surface area (Å²) in [7, 11) is 1.65. The Labute approximate surface area is 131 Å². The van der Waals surface area contributed by atoms with Gasteiger partial charge in [-0.2, -0.15) is 0 Å². The number of carbonyl (C=O) groups is 1. The second-order valence-electron chi connectivity index (χ2n) is 4.85. The highest BCUT2D eigenvalue weighted by molar-refractivity contribution is 9.10. The van der Waals surface area contributed by atoms with Gasteiger partial charge >= 0.3 is 0 Å². The molecule has 3 rings (SSSR count). The zero-order valence-corrected chi connectivity index (χ0v) is 13.1. The fraction of sp³-hybridized carbons (Fsp3) is 0.188. The van der Waals surface area contributed by atoms with E-state index in [4.69, 9.17) is 4.74 Å². The molecule has 0 bridgehead atoms. The molecule has 2 aromatic carbocycles. The Morgan fingerprint density at radius 2 is 2.10 bits per heavy atom. The summed E-state index contributed by atoms with van der Waals surface area (Å²) in [4.78, 5) is 12.1. The Balaban J connectivity index is 1.80. The molecule has 0 saturated carbocycles. The van der Waals surface area contributed by atoms with Crippen LogP contribution in [0.5, 0.6) is 5.75 Å². The van der Waals surface area contributed by atoms with Gasteiger partial charge in [0.25, 0.3) is 0 Å². The minimum Gasteiger partial charge on any atom is -0.496 e. The number of nitrogens with one attached hydrogen (secondary N) is 2. The summed E-state index contributed by atoms with van der Waals surface area (Å²) >= 11 is 3.44. The van der Waals surface area contributed by atoms with Gasteiger partial charge in [0.05, 0.1) is 7.11 Å². The predicted octanol–water partition coefficient (Wildman–Crippen LogP) is 3.24. The molecule has 21 heavy (non-hydrogen) atoms. The molecular formula is C16H15BrN2O2. The number of ether oxygens (including phenoxy) is 1. The minimum atomic E-state index is -0.345. The summed E-state index contributed by atoms with van der Waals surface area (Å²) in [6, 6.07) is 13.2. The van der Waals surface area contributed by atoms with E-state index in [0.29, 0.717) is 6.54 Å². The van der Waals surface area contributed by atoms with Gasteiger partial charge in [0.1, 0.15) is 11.8 Å². The van der Waals surface area contributed by atoms with Crippen LogP contribution in [0.2, 0.25) is 0 Å². The Morgan fingerprint density at radius 1 is 1.29 bits per heavy atom. The van der Waals surface area contributed by atoms with E-state index in [-0.39, 0.29) is 11.9 Å². The molecule has 0 aromatic heterocycles. The summed E-state index contributed by atoms with van der Waals surface area (Å²) in [5.74, 6) is 0.788. The van der Waals surface area contributed by atoms with E-state index in [1.165, 1.54) is 0 Å².